The van der Waals surface area contributed by atoms with Gasteiger partial charge in [0.05, 0.1) is 0 Å². The first-order chi connectivity index (χ1) is 13.9. The van der Waals surface area contributed by atoms with E-state index in [1.807, 2.05) is 32.5 Å². The van der Waals surface area contributed by atoms with Crippen molar-refractivity contribution < 1.29 is 9.53 Å². The van der Waals surface area contributed by atoms with E-state index in [0.717, 1.165) is 25.5 Å². The standard InChI is InChI=1S/C21H35N5O2S.HI/c1-21(2,3)28-20(27)24-11-5-10-23-19(22-4)25-16-17-6-8-18(9-7-17)26-12-14-29-15-13-26;/h6-9H,5,10-16H2,1-4H3,(H,24,27)(H2,22,23,25);1H. The Bertz CT molecular complexity index is 658. The van der Waals surface area contributed by atoms with Crippen LogP contribution in [-0.2, 0) is 11.3 Å². The summed E-state index contributed by atoms with van der Waals surface area (Å²) in [5.41, 5.74) is 2.04. The summed E-state index contributed by atoms with van der Waals surface area (Å²) in [6.45, 7) is 9.78. The van der Waals surface area contributed by atoms with Crippen molar-refractivity contribution in [3.63, 3.8) is 0 Å². The first kappa shape index (κ1) is 26.7. The van der Waals surface area contributed by atoms with E-state index in [1.54, 1.807) is 7.05 Å². The van der Waals surface area contributed by atoms with Crippen LogP contribution in [0.4, 0.5) is 10.5 Å². The van der Waals surface area contributed by atoms with Crippen molar-refractivity contribution in [2.24, 2.45) is 4.99 Å². The Morgan fingerprint density at radius 3 is 2.33 bits per heavy atom. The van der Waals surface area contributed by atoms with E-state index in [4.69, 9.17) is 4.74 Å². The van der Waals surface area contributed by atoms with E-state index in [9.17, 15) is 4.79 Å². The molecule has 1 aromatic carbocycles. The number of carbonyl (C=O) groups excluding carboxylic acids is 1. The summed E-state index contributed by atoms with van der Waals surface area (Å²) in [4.78, 5) is 18.3. The minimum absolute atomic E-state index is 0. The summed E-state index contributed by atoms with van der Waals surface area (Å²) in [5, 5.41) is 9.34. The van der Waals surface area contributed by atoms with Gasteiger partial charge in [-0.1, -0.05) is 12.1 Å². The molecule has 1 heterocycles. The second-order valence-electron chi connectivity index (χ2n) is 7.90. The highest BCUT2D eigenvalue weighted by atomic mass is 127. The number of guanidine groups is 1. The average molecular weight is 550 g/mol. The Labute approximate surface area is 202 Å². The highest BCUT2D eigenvalue weighted by Crippen LogP contribution is 2.19. The molecule has 0 radical (unpaired) electrons. The molecule has 0 aliphatic carbocycles. The molecule has 1 amide bonds. The smallest absolute Gasteiger partial charge is 0.407 e. The number of anilines is 1. The number of carbonyl (C=O) groups is 1. The van der Waals surface area contributed by atoms with Crippen LogP contribution in [0, 0.1) is 0 Å². The fraction of sp³-hybridized carbons (Fsp3) is 0.619. The normalized spacial score (nSPS) is 14.5. The highest BCUT2D eigenvalue weighted by molar-refractivity contribution is 14.0. The van der Waals surface area contributed by atoms with Crippen LogP contribution >= 0.6 is 35.7 Å². The zero-order valence-electron chi connectivity index (χ0n) is 18.5. The number of hydrogen-bond acceptors (Lipinski definition) is 5. The molecule has 1 saturated heterocycles. The predicted molar refractivity (Wildman–Crippen MR) is 138 cm³/mol. The van der Waals surface area contributed by atoms with E-state index in [2.05, 4.69) is 50.1 Å². The molecule has 1 fully saturated rings. The molecule has 1 aliphatic rings. The summed E-state index contributed by atoms with van der Waals surface area (Å²) in [5.74, 6) is 3.16. The molecule has 7 nitrogen and oxygen atoms in total. The lowest BCUT2D eigenvalue weighted by Crippen LogP contribution is -2.39. The van der Waals surface area contributed by atoms with Crippen molar-refractivity contribution in [2.75, 3.05) is 49.6 Å². The van der Waals surface area contributed by atoms with Gasteiger partial charge in [0.2, 0.25) is 0 Å². The molecule has 1 aromatic rings. The summed E-state index contributed by atoms with van der Waals surface area (Å²) in [6, 6.07) is 8.74. The van der Waals surface area contributed by atoms with E-state index >= 15 is 0 Å². The molecule has 1 aliphatic heterocycles. The van der Waals surface area contributed by atoms with Gasteiger partial charge in [-0.2, -0.15) is 11.8 Å². The third kappa shape index (κ3) is 10.6. The lowest BCUT2D eigenvalue weighted by molar-refractivity contribution is 0.0527. The monoisotopic (exact) mass is 549 g/mol. The van der Waals surface area contributed by atoms with E-state index in [0.29, 0.717) is 19.6 Å². The van der Waals surface area contributed by atoms with Crippen molar-refractivity contribution >= 4 is 53.5 Å². The minimum atomic E-state index is -0.473. The van der Waals surface area contributed by atoms with Crippen molar-refractivity contribution in [3.05, 3.63) is 29.8 Å². The first-order valence-electron chi connectivity index (χ1n) is 10.2. The number of rotatable bonds is 7. The maximum absolute atomic E-state index is 11.6. The van der Waals surface area contributed by atoms with Gasteiger partial charge in [0, 0.05) is 57.0 Å². The Hall–Kier alpha value is -1.36. The predicted octanol–water partition coefficient (Wildman–Crippen LogP) is 3.44. The number of aliphatic imine (C=N–C) groups is 1. The van der Waals surface area contributed by atoms with Crippen LogP contribution in [0.5, 0.6) is 0 Å². The zero-order chi connectivity index (χ0) is 21.1. The number of amides is 1. The van der Waals surface area contributed by atoms with Crippen molar-refractivity contribution in [2.45, 2.75) is 39.3 Å². The summed E-state index contributed by atoms with van der Waals surface area (Å²) in [6.07, 6.45) is 0.398. The number of ether oxygens (including phenoxy) is 1. The van der Waals surface area contributed by atoms with Gasteiger partial charge in [-0.3, -0.25) is 4.99 Å². The minimum Gasteiger partial charge on any atom is -0.444 e. The van der Waals surface area contributed by atoms with E-state index in [-0.39, 0.29) is 30.1 Å². The number of nitrogens with one attached hydrogen (secondary N) is 3. The molecule has 9 heteroatoms. The molecule has 0 atom stereocenters. The summed E-state index contributed by atoms with van der Waals surface area (Å²) < 4.78 is 5.21. The molecule has 3 N–H and O–H groups in total. The quantitative estimate of drug-likeness (QED) is 0.210. The summed E-state index contributed by atoms with van der Waals surface area (Å²) >= 11 is 2.02. The van der Waals surface area contributed by atoms with Gasteiger partial charge in [-0.15, -0.1) is 24.0 Å². The number of nitrogens with zero attached hydrogens (tertiary/aromatic N) is 2. The van der Waals surface area contributed by atoms with E-state index in [1.165, 1.54) is 22.8 Å². The van der Waals surface area contributed by atoms with Gasteiger partial charge >= 0.3 is 6.09 Å². The molecular weight excluding hydrogens is 513 g/mol. The van der Waals surface area contributed by atoms with Crippen molar-refractivity contribution in [1.29, 1.82) is 0 Å². The SMILES string of the molecule is CN=C(NCCCNC(=O)OC(C)(C)C)NCc1ccc(N2CCSCC2)cc1.I. The van der Waals surface area contributed by atoms with Crippen molar-refractivity contribution in [1.82, 2.24) is 16.0 Å². The van der Waals surface area contributed by atoms with Crippen LogP contribution in [0.3, 0.4) is 0 Å². The lowest BCUT2D eigenvalue weighted by Gasteiger charge is -2.28. The summed E-state index contributed by atoms with van der Waals surface area (Å²) in [7, 11) is 1.76. The molecule has 0 bridgehead atoms. The maximum atomic E-state index is 11.6. The Kier molecular flexibility index (Phi) is 12.3. The molecule has 2 rings (SSSR count). The van der Waals surface area contributed by atoms with Gasteiger partial charge < -0.3 is 25.6 Å². The number of thioether (sulfide) groups is 1. The molecule has 170 valence electrons. The Balaban J connectivity index is 0.00000450. The van der Waals surface area contributed by atoms with Crippen LogP contribution in [0.15, 0.2) is 29.3 Å². The Morgan fingerprint density at radius 1 is 1.10 bits per heavy atom. The van der Waals surface area contributed by atoms with Gasteiger partial charge in [0.25, 0.3) is 0 Å². The fourth-order valence-electron chi connectivity index (χ4n) is 2.85. The number of hydrogen-bond donors (Lipinski definition) is 3. The number of halogens is 1. The molecular formula is C21H36IN5O2S. The second-order valence-corrected chi connectivity index (χ2v) is 9.13. The average Bonchev–Trinajstić information content (AvgIpc) is 2.70. The van der Waals surface area contributed by atoms with Crippen LogP contribution in [0.1, 0.15) is 32.8 Å². The largest absolute Gasteiger partial charge is 0.444 e. The molecule has 0 unspecified atom stereocenters. The number of alkyl carbamates (subject to hydrolysis) is 1. The van der Waals surface area contributed by atoms with Gasteiger partial charge in [0.1, 0.15) is 5.60 Å². The molecule has 0 saturated carbocycles. The van der Waals surface area contributed by atoms with Crippen LogP contribution in [0.25, 0.3) is 0 Å². The third-order valence-corrected chi connectivity index (χ3v) is 5.25. The van der Waals surface area contributed by atoms with Gasteiger partial charge in [-0.05, 0) is 44.9 Å². The fourth-order valence-corrected chi connectivity index (χ4v) is 3.76. The lowest BCUT2D eigenvalue weighted by atomic mass is 10.2. The number of benzene rings is 1. The molecule has 30 heavy (non-hydrogen) atoms. The van der Waals surface area contributed by atoms with Crippen LogP contribution in [0.2, 0.25) is 0 Å². The maximum Gasteiger partial charge on any atom is 0.407 e. The topological polar surface area (TPSA) is 78.0 Å². The second kappa shape index (κ2) is 13.8. The van der Waals surface area contributed by atoms with Crippen LogP contribution in [-0.4, -0.2) is 62.4 Å². The van der Waals surface area contributed by atoms with Gasteiger partial charge in [-0.25, -0.2) is 4.79 Å². The third-order valence-electron chi connectivity index (χ3n) is 4.31. The zero-order valence-corrected chi connectivity index (χ0v) is 21.6. The first-order valence-corrected chi connectivity index (χ1v) is 11.4. The highest BCUT2D eigenvalue weighted by Gasteiger charge is 2.15. The molecule has 0 spiro atoms. The van der Waals surface area contributed by atoms with Crippen LogP contribution < -0.4 is 20.9 Å². The Morgan fingerprint density at radius 2 is 1.73 bits per heavy atom. The molecule has 0 aromatic heterocycles. The van der Waals surface area contributed by atoms with Gasteiger partial charge in [0.15, 0.2) is 5.96 Å². The van der Waals surface area contributed by atoms with Crippen molar-refractivity contribution in [3.8, 4) is 0 Å². The van der Waals surface area contributed by atoms with E-state index < -0.39 is 5.60 Å².